The molecule has 0 atom stereocenters. The lowest BCUT2D eigenvalue weighted by Crippen LogP contribution is -2.29. The molecule has 0 aliphatic heterocycles. The third kappa shape index (κ3) is 4.43. The molecule has 0 spiro atoms. The molecule has 8 heteroatoms. The van der Waals surface area contributed by atoms with Crippen molar-refractivity contribution < 1.29 is 4.79 Å². The lowest BCUT2D eigenvalue weighted by molar-refractivity contribution is -0.117. The van der Waals surface area contributed by atoms with Gasteiger partial charge in [0.05, 0.1) is 5.69 Å². The second-order valence-corrected chi connectivity index (χ2v) is 6.03. The van der Waals surface area contributed by atoms with Crippen LogP contribution in [0.1, 0.15) is 0 Å². The molecule has 1 aromatic carbocycles. The van der Waals surface area contributed by atoms with E-state index >= 15 is 0 Å². The summed E-state index contributed by atoms with van der Waals surface area (Å²) in [7, 11) is 0. The summed E-state index contributed by atoms with van der Waals surface area (Å²) in [6, 6.07) is 11.2. The molecule has 0 bridgehead atoms. The van der Waals surface area contributed by atoms with Gasteiger partial charge in [-0.1, -0.05) is 23.2 Å². The number of amides is 1. The van der Waals surface area contributed by atoms with Gasteiger partial charge in [0.15, 0.2) is 0 Å². The van der Waals surface area contributed by atoms with E-state index in [4.69, 9.17) is 23.2 Å². The first-order chi connectivity index (χ1) is 12.0. The van der Waals surface area contributed by atoms with Crippen LogP contribution in [0.25, 0.3) is 11.3 Å². The van der Waals surface area contributed by atoms with Crippen LogP contribution in [0.3, 0.4) is 0 Å². The maximum absolute atomic E-state index is 12.2. The number of rotatable bonds is 4. The average Bonchev–Trinajstić information content (AvgIpc) is 2.56. The standard InChI is InChI=1S/C17H12Cl2N4O2/c18-12-7-13(19)9-14(8-12)21-16(24)10-23-17(25)2-1-15(22-23)11-3-5-20-6-4-11/h1-9H,10H2,(H,21,24). The van der Waals surface area contributed by atoms with Crippen molar-refractivity contribution in [3.8, 4) is 11.3 Å². The normalized spacial score (nSPS) is 10.5. The zero-order valence-corrected chi connectivity index (χ0v) is 14.3. The highest BCUT2D eigenvalue weighted by molar-refractivity contribution is 6.35. The highest BCUT2D eigenvalue weighted by Gasteiger charge is 2.09. The molecule has 2 heterocycles. The van der Waals surface area contributed by atoms with Gasteiger partial charge in [0, 0.05) is 39.8 Å². The van der Waals surface area contributed by atoms with E-state index in [-0.39, 0.29) is 12.1 Å². The summed E-state index contributed by atoms with van der Waals surface area (Å²) in [6.45, 7) is -0.234. The van der Waals surface area contributed by atoms with Gasteiger partial charge in [-0.3, -0.25) is 14.6 Å². The molecule has 0 fully saturated rings. The zero-order chi connectivity index (χ0) is 17.8. The van der Waals surface area contributed by atoms with Crippen LogP contribution in [0.2, 0.25) is 10.0 Å². The van der Waals surface area contributed by atoms with E-state index in [1.807, 2.05) is 0 Å². The number of pyridine rings is 1. The fourth-order valence-electron chi connectivity index (χ4n) is 2.20. The third-order valence-electron chi connectivity index (χ3n) is 3.28. The van der Waals surface area contributed by atoms with E-state index in [9.17, 15) is 9.59 Å². The molecule has 3 aromatic rings. The highest BCUT2D eigenvalue weighted by Crippen LogP contribution is 2.22. The molecule has 0 radical (unpaired) electrons. The Morgan fingerprint density at radius 3 is 2.40 bits per heavy atom. The molecule has 25 heavy (non-hydrogen) atoms. The van der Waals surface area contributed by atoms with E-state index in [0.29, 0.717) is 21.4 Å². The zero-order valence-electron chi connectivity index (χ0n) is 12.8. The Balaban J connectivity index is 1.80. The molecule has 1 amide bonds. The number of aromatic nitrogens is 3. The molecule has 1 N–H and O–H groups in total. The number of carbonyl (C=O) groups is 1. The quantitative estimate of drug-likeness (QED) is 0.760. The van der Waals surface area contributed by atoms with Gasteiger partial charge in [-0.25, -0.2) is 4.68 Å². The Kier molecular flexibility index (Phi) is 5.11. The van der Waals surface area contributed by atoms with Gasteiger partial charge in [-0.2, -0.15) is 5.10 Å². The first kappa shape index (κ1) is 17.1. The predicted octanol–water partition coefficient (Wildman–Crippen LogP) is 3.25. The summed E-state index contributed by atoms with van der Waals surface area (Å²) in [5.74, 6) is -0.417. The van der Waals surface area contributed by atoms with Crippen molar-refractivity contribution in [2.75, 3.05) is 5.32 Å². The van der Waals surface area contributed by atoms with Gasteiger partial charge < -0.3 is 5.32 Å². The molecule has 2 aromatic heterocycles. The number of nitrogens with zero attached hydrogens (tertiary/aromatic N) is 3. The monoisotopic (exact) mass is 374 g/mol. The average molecular weight is 375 g/mol. The largest absolute Gasteiger partial charge is 0.324 e. The Labute approximate surface area is 153 Å². The summed E-state index contributed by atoms with van der Waals surface area (Å²) < 4.78 is 1.09. The smallest absolute Gasteiger partial charge is 0.267 e. The number of nitrogens with one attached hydrogen (secondary N) is 1. The van der Waals surface area contributed by atoms with Gasteiger partial charge in [0.2, 0.25) is 5.91 Å². The maximum Gasteiger partial charge on any atom is 0.267 e. The molecular weight excluding hydrogens is 363 g/mol. The Bertz CT molecular complexity index is 954. The van der Waals surface area contributed by atoms with E-state index < -0.39 is 5.91 Å². The van der Waals surface area contributed by atoms with Gasteiger partial charge in [0.1, 0.15) is 6.54 Å². The lowest BCUT2D eigenvalue weighted by atomic mass is 10.2. The maximum atomic E-state index is 12.2. The number of halogens is 2. The SMILES string of the molecule is O=C(Cn1nc(-c2ccncc2)ccc1=O)Nc1cc(Cl)cc(Cl)c1. The van der Waals surface area contributed by atoms with Gasteiger partial charge in [-0.15, -0.1) is 0 Å². The Morgan fingerprint density at radius 2 is 1.72 bits per heavy atom. The predicted molar refractivity (Wildman–Crippen MR) is 96.8 cm³/mol. The van der Waals surface area contributed by atoms with Crippen LogP contribution in [0.4, 0.5) is 5.69 Å². The Morgan fingerprint density at radius 1 is 1.04 bits per heavy atom. The number of carbonyl (C=O) groups excluding carboxylic acids is 1. The van der Waals surface area contributed by atoms with Gasteiger partial charge in [-0.05, 0) is 36.4 Å². The fraction of sp³-hybridized carbons (Fsp3) is 0.0588. The molecule has 0 aliphatic carbocycles. The number of anilines is 1. The molecule has 0 unspecified atom stereocenters. The highest BCUT2D eigenvalue weighted by atomic mass is 35.5. The van der Waals surface area contributed by atoms with Crippen molar-refractivity contribution in [2.45, 2.75) is 6.54 Å². The molecule has 0 saturated heterocycles. The van der Waals surface area contributed by atoms with Crippen LogP contribution in [-0.2, 0) is 11.3 Å². The summed E-state index contributed by atoms with van der Waals surface area (Å²) in [5, 5.41) is 7.67. The van der Waals surface area contributed by atoms with E-state index in [1.165, 1.54) is 6.07 Å². The van der Waals surface area contributed by atoms with Crippen molar-refractivity contribution in [1.29, 1.82) is 0 Å². The minimum Gasteiger partial charge on any atom is -0.324 e. The van der Waals surface area contributed by atoms with E-state index in [2.05, 4.69) is 15.4 Å². The van der Waals surface area contributed by atoms with Crippen LogP contribution in [0.15, 0.2) is 59.7 Å². The molecule has 0 saturated carbocycles. The molecular formula is C17H12Cl2N4O2. The minimum absolute atomic E-state index is 0.234. The summed E-state index contributed by atoms with van der Waals surface area (Å²) in [4.78, 5) is 28.1. The Hall–Kier alpha value is -2.70. The van der Waals surface area contributed by atoms with E-state index in [1.54, 1.807) is 48.8 Å². The van der Waals surface area contributed by atoms with Crippen molar-refractivity contribution in [1.82, 2.24) is 14.8 Å². The van der Waals surface area contributed by atoms with Crippen LogP contribution in [0, 0.1) is 0 Å². The molecule has 126 valence electrons. The molecule has 0 aliphatic rings. The van der Waals surface area contributed by atoms with Crippen LogP contribution in [-0.4, -0.2) is 20.7 Å². The summed E-state index contributed by atoms with van der Waals surface area (Å²) in [5.41, 5.74) is 1.43. The number of benzene rings is 1. The lowest BCUT2D eigenvalue weighted by Gasteiger charge is -2.09. The topological polar surface area (TPSA) is 76.9 Å². The summed E-state index contributed by atoms with van der Waals surface area (Å²) >= 11 is 11.8. The van der Waals surface area contributed by atoms with Crippen molar-refractivity contribution in [3.05, 3.63) is 75.3 Å². The second kappa shape index (κ2) is 7.46. The van der Waals surface area contributed by atoms with E-state index in [0.717, 1.165) is 10.2 Å². The van der Waals surface area contributed by atoms with Gasteiger partial charge in [0.25, 0.3) is 5.56 Å². The first-order valence-corrected chi connectivity index (χ1v) is 8.01. The molecule has 6 nitrogen and oxygen atoms in total. The minimum atomic E-state index is -0.417. The van der Waals surface area contributed by atoms with Crippen LogP contribution < -0.4 is 10.9 Å². The summed E-state index contributed by atoms with van der Waals surface area (Å²) in [6.07, 6.45) is 3.25. The van der Waals surface area contributed by atoms with Gasteiger partial charge >= 0.3 is 0 Å². The van der Waals surface area contributed by atoms with Crippen LogP contribution >= 0.6 is 23.2 Å². The number of hydrogen-bond acceptors (Lipinski definition) is 4. The second-order valence-electron chi connectivity index (χ2n) is 5.16. The third-order valence-corrected chi connectivity index (χ3v) is 3.72. The first-order valence-electron chi connectivity index (χ1n) is 7.26. The van der Waals surface area contributed by atoms with Crippen LogP contribution in [0.5, 0.6) is 0 Å². The molecule has 3 rings (SSSR count). The van der Waals surface area contributed by atoms with Crippen molar-refractivity contribution in [3.63, 3.8) is 0 Å². The van der Waals surface area contributed by atoms with Crippen molar-refractivity contribution >= 4 is 34.8 Å². The number of hydrogen-bond donors (Lipinski definition) is 1. The van der Waals surface area contributed by atoms with Crippen molar-refractivity contribution in [2.24, 2.45) is 0 Å². The fourth-order valence-corrected chi connectivity index (χ4v) is 2.73.